The van der Waals surface area contributed by atoms with Crippen LogP contribution in [0.2, 0.25) is 0 Å². The number of oxazole rings is 1. The molecule has 0 aliphatic rings. The Hall–Kier alpha value is -2.93. The lowest BCUT2D eigenvalue weighted by Crippen LogP contribution is -2.39. The number of hydrogen-bond acceptors (Lipinski definition) is 5. The summed E-state index contributed by atoms with van der Waals surface area (Å²) in [5, 5.41) is 2.85. The molecule has 1 N–H and O–H groups in total. The van der Waals surface area contributed by atoms with Gasteiger partial charge in [0.05, 0.1) is 11.4 Å². The quantitative estimate of drug-likeness (QED) is 0.543. The number of carbonyl (C=O) groups excluding carboxylic acids is 1. The van der Waals surface area contributed by atoms with E-state index < -0.39 is 21.5 Å². The summed E-state index contributed by atoms with van der Waals surface area (Å²) < 4.78 is 30.9. The van der Waals surface area contributed by atoms with Crippen molar-refractivity contribution < 1.29 is 17.6 Å². The Morgan fingerprint density at radius 3 is 2.39 bits per heavy atom. The normalized spacial score (nSPS) is 12.5. The summed E-state index contributed by atoms with van der Waals surface area (Å²) in [4.78, 5) is 16.8. The van der Waals surface area contributed by atoms with Crippen molar-refractivity contribution in [3.8, 4) is 11.5 Å². The number of nitrogens with zero attached hydrogens (tertiary/aromatic N) is 1. The van der Waals surface area contributed by atoms with Gasteiger partial charge in [-0.1, -0.05) is 55.0 Å². The molecule has 0 fully saturated rings. The first-order valence-corrected chi connectivity index (χ1v) is 12.1. The van der Waals surface area contributed by atoms with E-state index in [1.54, 1.807) is 6.92 Å². The number of aromatic nitrogens is 1. The Morgan fingerprint density at radius 2 is 1.74 bits per heavy atom. The lowest BCUT2D eigenvalue weighted by atomic mass is 10.0. The predicted octanol–water partition coefficient (Wildman–Crippen LogP) is 4.01. The molecule has 0 radical (unpaired) electrons. The molecule has 1 heterocycles. The smallest absolute Gasteiger partial charge is 0.235 e. The van der Waals surface area contributed by atoms with Gasteiger partial charge in [-0.3, -0.25) is 4.79 Å². The maximum absolute atomic E-state index is 12.6. The third-order valence-electron chi connectivity index (χ3n) is 5.08. The maximum atomic E-state index is 12.6. The average molecular weight is 441 g/mol. The number of benzene rings is 2. The molecule has 1 amide bonds. The Bertz CT molecular complexity index is 1120. The van der Waals surface area contributed by atoms with Crippen molar-refractivity contribution >= 4 is 15.7 Å². The molecule has 7 heteroatoms. The molecule has 164 valence electrons. The molecular formula is C24H28N2O4S. The van der Waals surface area contributed by atoms with Gasteiger partial charge in [-0.05, 0) is 44.4 Å². The fraction of sp³-hybridized carbons (Fsp3) is 0.333. The molecule has 0 aliphatic carbocycles. The number of amides is 1. The van der Waals surface area contributed by atoms with Crippen LogP contribution in [0, 0.1) is 13.8 Å². The molecule has 2 aromatic carbocycles. The maximum Gasteiger partial charge on any atom is 0.235 e. The minimum absolute atomic E-state index is 0.118. The van der Waals surface area contributed by atoms with E-state index in [0.29, 0.717) is 30.2 Å². The fourth-order valence-corrected chi connectivity index (χ4v) is 4.58. The van der Waals surface area contributed by atoms with E-state index in [0.717, 1.165) is 16.7 Å². The largest absolute Gasteiger partial charge is 0.441 e. The first kappa shape index (κ1) is 22.7. The summed E-state index contributed by atoms with van der Waals surface area (Å²) in [5.41, 5.74) is 3.32. The molecule has 1 atom stereocenters. The van der Waals surface area contributed by atoms with E-state index in [4.69, 9.17) is 4.42 Å². The van der Waals surface area contributed by atoms with E-state index in [2.05, 4.69) is 10.3 Å². The van der Waals surface area contributed by atoms with Crippen molar-refractivity contribution in [1.29, 1.82) is 0 Å². The Kier molecular flexibility index (Phi) is 7.28. The summed E-state index contributed by atoms with van der Waals surface area (Å²) in [5.74, 6) is -0.597. The molecule has 0 saturated heterocycles. The molecule has 0 saturated carbocycles. The van der Waals surface area contributed by atoms with Gasteiger partial charge in [0.1, 0.15) is 11.5 Å². The minimum atomic E-state index is -3.69. The van der Waals surface area contributed by atoms with Crippen molar-refractivity contribution in [2.75, 3.05) is 5.75 Å². The highest BCUT2D eigenvalue weighted by molar-refractivity contribution is 7.91. The molecule has 3 aromatic rings. The van der Waals surface area contributed by atoms with Crippen LogP contribution in [0.15, 0.2) is 59.0 Å². The Morgan fingerprint density at radius 1 is 1.06 bits per heavy atom. The molecular weight excluding hydrogens is 412 g/mol. The van der Waals surface area contributed by atoms with E-state index in [1.807, 2.05) is 68.4 Å². The summed E-state index contributed by atoms with van der Waals surface area (Å²) in [6, 6.07) is 17.3. The number of carbonyl (C=O) groups is 1. The van der Waals surface area contributed by atoms with E-state index in [1.165, 1.54) is 0 Å². The molecule has 0 bridgehead atoms. The van der Waals surface area contributed by atoms with Gasteiger partial charge in [0.2, 0.25) is 11.8 Å². The van der Waals surface area contributed by atoms with Crippen LogP contribution >= 0.6 is 0 Å². The second-order valence-electron chi connectivity index (χ2n) is 7.78. The van der Waals surface area contributed by atoms with Gasteiger partial charge in [-0.15, -0.1) is 0 Å². The van der Waals surface area contributed by atoms with Crippen LogP contribution in [-0.2, 0) is 26.8 Å². The zero-order chi connectivity index (χ0) is 22.4. The van der Waals surface area contributed by atoms with Gasteiger partial charge in [0, 0.05) is 11.6 Å². The molecule has 0 spiro atoms. The predicted molar refractivity (Wildman–Crippen MR) is 121 cm³/mol. The third kappa shape index (κ3) is 6.52. The van der Waals surface area contributed by atoms with Crippen molar-refractivity contribution in [2.24, 2.45) is 0 Å². The van der Waals surface area contributed by atoms with Crippen LogP contribution in [0.3, 0.4) is 0 Å². The summed E-state index contributed by atoms with van der Waals surface area (Å²) in [7, 11) is -3.69. The van der Waals surface area contributed by atoms with Gasteiger partial charge in [0.25, 0.3) is 0 Å². The topological polar surface area (TPSA) is 89.3 Å². The standard InChI is InChI=1S/C24H28N2O4S/c1-4-21(14-19-8-6-5-7-9-19)25-23(27)16-31(28,29)15-22-18(3)30-24(26-22)20-12-10-17(2)11-13-20/h5-13,21H,4,14-16H2,1-3H3,(H,25,27). The van der Waals surface area contributed by atoms with Crippen LogP contribution in [0.25, 0.3) is 11.5 Å². The van der Waals surface area contributed by atoms with Crippen LogP contribution in [0.5, 0.6) is 0 Å². The summed E-state index contributed by atoms with van der Waals surface area (Å²) in [6.07, 6.45) is 1.37. The SMILES string of the molecule is CCC(Cc1ccccc1)NC(=O)CS(=O)(=O)Cc1nc(-c2ccc(C)cc2)oc1C. The number of aryl methyl sites for hydroxylation is 2. The van der Waals surface area contributed by atoms with Gasteiger partial charge < -0.3 is 9.73 Å². The number of rotatable bonds is 9. The molecule has 3 rings (SSSR count). The summed E-state index contributed by atoms with van der Waals surface area (Å²) in [6.45, 7) is 5.63. The molecule has 1 aromatic heterocycles. The van der Waals surface area contributed by atoms with Crippen molar-refractivity contribution in [1.82, 2.24) is 10.3 Å². The highest BCUT2D eigenvalue weighted by Gasteiger charge is 2.23. The second-order valence-corrected chi connectivity index (χ2v) is 9.85. The zero-order valence-corrected chi connectivity index (χ0v) is 18.9. The number of nitrogens with one attached hydrogen (secondary N) is 1. The fourth-order valence-electron chi connectivity index (χ4n) is 3.31. The highest BCUT2D eigenvalue weighted by atomic mass is 32.2. The molecule has 1 unspecified atom stereocenters. The lowest BCUT2D eigenvalue weighted by Gasteiger charge is -2.17. The zero-order valence-electron chi connectivity index (χ0n) is 18.1. The Balaban J connectivity index is 1.63. The van der Waals surface area contributed by atoms with E-state index in [-0.39, 0.29) is 11.8 Å². The first-order chi connectivity index (χ1) is 14.8. The Labute approximate surface area is 183 Å². The van der Waals surface area contributed by atoms with Gasteiger partial charge in [-0.2, -0.15) is 0 Å². The number of sulfone groups is 1. The van der Waals surface area contributed by atoms with Crippen LogP contribution in [0.4, 0.5) is 0 Å². The molecule has 6 nitrogen and oxygen atoms in total. The van der Waals surface area contributed by atoms with Crippen LogP contribution in [0.1, 0.15) is 35.9 Å². The average Bonchev–Trinajstić information content (AvgIpc) is 3.07. The number of hydrogen-bond donors (Lipinski definition) is 1. The van der Waals surface area contributed by atoms with E-state index in [9.17, 15) is 13.2 Å². The van der Waals surface area contributed by atoms with Gasteiger partial charge >= 0.3 is 0 Å². The van der Waals surface area contributed by atoms with Crippen molar-refractivity contribution in [3.05, 3.63) is 77.2 Å². The highest BCUT2D eigenvalue weighted by Crippen LogP contribution is 2.23. The molecule has 31 heavy (non-hydrogen) atoms. The minimum Gasteiger partial charge on any atom is -0.441 e. The monoisotopic (exact) mass is 440 g/mol. The van der Waals surface area contributed by atoms with Crippen LogP contribution in [-0.4, -0.2) is 31.1 Å². The second kappa shape index (κ2) is 9.92. The van der Waals surface area contributed by atoms with Crippen molar-refractivity contribution in [3.63, 3.8) is 0 Å². The third-order valence-corrected chi connectivity index (χ3v) is 6.50. The summed E-state index contributed by atoms with van der Waals surface area (Å²) >= 11 is 0. The van der Waals surface area contributed by atoms with Gasteiger partial charge in [-0.25, -0.2) is 13.4 Å². The van der Waals surface area contributed by atoms with Gasteiger partial charge in [0.15, 0.2) is 9.84 Å². The van der Waals surface area contributed by atoms with Crippen molar-refractivity contribution in [2.45, 2.75) is 45.4 Å². The lowest BCUT2D eigenvalue weighted by molar-refractivity contribution is -0.119. The first-order valence-electron chi connectivity index (χ1n) is 10.3. The van der Waals surface area contributed by atoms with E-state index >= 15 is 0 Å². The molecule has 0 aliphatic heterocycles. The van der Waals surface area contributed by atoms with Crippen LogP contribution < -0.4 is 5.32 Å².